The summed E-state index contributed by atoms with van der Waals surface area (Å²) in [5.74, 6) is 0.369. The molecule has 13 heteroatoms. The molecule has 12 nitrogen and oxygen atoms in total. The molecule has 202 valence electrons. The first-order valence-electron chi connectivity index (χ1n) is 12.6. The molecule has 37 heavy (non-hydrogen) atoms. The van der Waals surface area contributed by atoms with E-state index in [1.807, 2.05) is 13.8 Å². The Balaban J connectivity index is 1.81. The van der Waals surface area contributed by atoms with Crippen molar-refractivity contribution < 1.29 is 17.9 Å². The van der Waals surface area contributed by atoms with E-state index in [0.717, 1.165) is 12.2 Å². The lowest BCUT2D eigenvalue weighted by Crippen LogP contribution is -2.48. The van der Waals surface area contributed by atoms with Gasteiger partial charge in [0.2, 0.25) is 15.9 Å². The van der Waals surface area contributed by atoms with E-state index < -0.39 is 15.6 Å². The smallest absolute Gasteiger partial charge is 0.279 e. The zero-order valence-corrected chi connectivity index (χ0v) is 22.8. The number of nitrogens with one attached hydrogen (secondary N) is 1. The molecule has 3 aromatic rings. The molecular formula is C24H35N7O5S. The van der Waals surface area contributed by atoms with Crippen molar-refractivity contribution in [3.05, 3.63) is 28.3 Å². The number of H-pyrrole nitrogens is 1. The summed E-state index contributed by atoms with van der Waals surface area (Å²) in [6.07, 6.45) is 1.79. The second-order valence-corrected chi connectivity index (χ2v) is 10.9. The summed E-state index contributed by atoms with van der Waals surface area (Å²) in [6.45, 7) is 11.5. The van der Waals surface area contributed by atoms with Crippen LogP contribution in [0.15, 0.2) is 22.0 Å². The minimum Gasteiger partial charge on any atom is -0.477 e. The fraction of sp³-hybridized carbons (Fsp3) is 0.583. The molecule has 3 aromatic heterocycles. The maximum Gasteiger partial charge on any atom is 0.279 e. The number of nitrogens with zero attached hydrogens (tertiary/aromatic N) is 6. The Morgan fingerprint density at radius 2 is 1.86 bits per heavy atom. The molecule has 1 N–H and O–H groups in total. The number of fused-ring (bicyclic) bond motifs is 1. The molecule has 4 rings (SSSR count). The predicted octanol–water partition coefficient (Wildman–Crippen LogP) is 1.50. The maximum atomic E-state index is 13.5. The lowest BCUT2D eigenvalue weighted by molar-refractivity contribution is 0.0992. The summed E-state index contributed by atoms with van der Waals surface area (Å²) in [5.41, 5.74) is 1.33. The Hall–Kier alpha value is -2.87. The molecule has 0 aromatic carbocycles. The molecule has 1 aliphatic rings. The second kappa shape index (κ2) is 11.3. The van der Waals surface area contributed by atoms with E-state index in [0.29, 0.717) is 56.8 Å². The summed E-state index contributed by atoms with van der Waals surface area (Å²) in [7, 11) is -2.17. The van der Waals surface area contributed by atoms with Crippen LogP contribution < -0.4 is 10.3 Å². The van der Waals surface area contributed by atoms with Gasteiger partial charge in [0.15, 0.2) is 5.52 Å². The van der Waals surface area contributed by atoms with Crippen molar-refractivity contribution in [2.24, 2.45) is 0 Å². The van der Waals surface area contributed by atoms with E-state index in [2.05, 4.69) is 26.9 Å². The summed E-state index contributed by atoms with van der Waals surface area (Å²) >= 11 is 0. The van der Waals surface area contributed by atoms with Gasteiger partial charge < -0.3 is 19.4 Å². The first kappa shape index (κ1) is 27.2. The Kier molecular flexibility index (Phi) is 8.26. The zero-order valence-electron chi connectivity index (χ0n) is 22.0. The maximum absolute atomic E-state index is 13.5. The van der Waals surface area contributed by atoms with Crippen LogP contribution in [0, 0.1) is 0 Å². The minimum atomic E-state index is -3.80. The van der Waals surface area contributed by atoms with Gasteiger partial charge in [-0.2, -0.15) is 9.40 Å². The molecule has 0 amide bonds. The molecule has 0 bridgehead atoms. The minimum absolute atomic E-state index is 0.0268. The lowest BCUT2D eigenvalue weighted by Gasteiger charge is -2.33. The Labute approximate surface area is 216 Å². The van der Waals surface area contributed by atoms with Gasteiger partial charge in [-0.25, -0.2) is 18.4 Å². The van der Waals surface area contributed by atoms with Crippen molar-refractivity contribution in [1.29, 1.82) is 0 Å². The average Bonchev–Trinajstić information content (AvgIpc) is 3.26. The predicted molar refractivity (Wildman–Crippen MR) is 139 cm³/mol. The van der Waals surface area contributed by atoms with Crippen molar-refractivity contribution >= 4 is 21.1 Å². The monoisotopic (exact) mass is 533 g/mol. The molecule has 1 aliphatic heterocycles. The second-order valence-electron chi connectivity index (χ2n) is 8.94. The summed E-state index contributed by atoms with van der Waals surface area (Å²) < 4.78 is 41.2. The van der Waals surface area contributed by atoms with Gasteiger partial charge in [0.1, 0.15) is 16.2 Å². The normalized spacial score (nSPS) is 16.4. The highest BCUT2D eigenvalue weighted by molar-refractivity contribution is 7.89. The lowest BCUT2D eigenvalue weighted by atomic mass is 10.2. The Morgan fingerprint density at radius 1 is 1.14 bits per heavy atom. The van der Waals surface area contributed by atoms with Gasteiger partial charge >= 0.3 is 0 Å². The molecule has 4 heterocycles. The third-order valence-electron chi connectivity index (χ3n) is 6.65. The molecule has 1 unspecified atom stereocenters. The van der Waals surface area contributed by atoms with Crippen LogP contribution in [-0.4, -0.2) is 94.9 Å². The van der Waals surface area contributed by atoms with Crippen molar-refractivity contribution in [1.82, 2.24) is 33.9 Å². The van der Waals surface area contributed by atoms with Crippen molar-refractivity contribution in [3.8, 4) is 17.3 Å². The molecule has 1 atom stereocenters. The van der Waals surface area contributed by atoms with Gasteiger partial charge in [-0.05, 0) is 32.9 Å². The van der Waals surface area contributed by atoms with Crippen LogP contribution in [0.3, 0.4) is 0 Å². The zero-order chi connectivity index (χ0) is 26.7. The Morgan fingerprint density at radius 3 is 2.49 bits per heavy atom. The number of aryl methyl sites for hydroxylation is 1. The van der Waals surface area contributed by atoms with E-state index in [9.17, 15) is 13.2 Å². The van der Waals surface area contributed by atoms with E-state index in [1.165, 1.54) is 16.6 Å². The van der Waals surface area contributed by atoms with Crippen molar-refractivity contribution in [2.45, 2.75) is 51.7 Å². The van der Waals surface area contributed by atoms with Crippen molar-refractivity contribution in [3.63, 3.8) is 0 Å². The largest absolute Gasteiger partial charge is 0.477 e. The van der Waals surface area contributed by atoms with E-state index in [-0.39, 0.29) is 28.2 Å². The Bertz CT molecular complexity index is 1410. The first-order valence-corrected chi connectivity index (χ1v) is 14.1. The van der Waals surface area contributed by atoms with Gasteiger partial charge in [-0.1, -0.05) is 13.8 Å². The van der Waals surface area contributed by atoms with Gasteiger partial charge in [0, 0.05) is 33.3 Å². The SMILES string of the molecule is CCOc1ncc(S(=O)(=O)N2CCN(CC)CC2)cc1-c1nc2c(CC)n(CC(C)OC)nc2c(=O)[nH]1. The van der Waals surface area contributed by atoms with Crippen molar-refractivity contribution in [2.75, 3.05) is 46.4 Å². The number of aromatic amines is 1. The first-order chi connectivity index (χ1) is 17.7. The summed E-state index contributed by atoms with van der Waals surface area (Å²) in [4.78, 5) is 27.1. The number of likely N-dealkylation sites (N-methyl/N-ethyl adjacent to an activating group) is 1. The van der Waals surface area contributed by atoms with E-state index in [4.69, 9.17) is 14.5 Å². The number of hydrogen-bond donors (Lipinski definition) is 1. The van der Waals surface area contributed by atoms with Crippen LogP contribution in [-0.2, 0) is 27.7 Å². The molecular weight excluding hydrogens is 498 g/mol. The van der Waals surface area contributed by atoms with Crippen LogP contribution in [0.25, 0.3) is 22.4 Å². The van der Waals surface area contributed by atoms with Crippen LogP contribution >= 0.6 is 0 Å². The highest BCUT2D eigenvalue weighted by atomic mass is 32.2. The summed E-state index contributed by atoms with van der Waals surface area (Å²) in [6, 6.07) is 1.48. The van der Waals surface area contributed by atoms with Gasteiger partial charge in [-0.3, -0.25) is 9.48 Å². The number of ether oxygens (including phenoxy) is 2. The van der Waals surface area contributed by atoms with Gasteiger partial charge in [0.25, 0.3) is 5.56 Å². The third kappa shape index (κ3) is 5.40. The van der Waals surface area contributed by atoms with Crippen LogP contribution in [0.2, 0.25) is 0 Å². The van der Waals surface area contributed by atoms with Crippen LogP contribution in [0.4, 0.5) is 0 Å². The number of rotatable bonds is 10. The van der Waals surface area contributed by atoms with E-state index in [1.54, 1.807) is 18.7 Å². The highest BCUT2D eigenvalue weighted by Crippen LogP contribution is 2.30. The molecule has 0 aliphatic carbocycles. The molecule has 1 fully saturated rings. The fourth-order valence-corrected chi connectivity index (χ4v) is 5.84. The van der Waals surface area contributed by atoms with E-state index >= 15 is 0 Å². The molecule has 0 spiro atoms. The molecule has 1 saturated heterocycles. The average molecular weight is 534 g/mol. The summed E-state index contributed by atoms with van der Waals surface area (Å²) in [5, 5.41) is 4.47. The molecule has 0 radical (unpaired) electrons. The third-order valence-corrected chi connectivity index (χ3v) is 8.51. The molecule has 0 saturated carbocycles. The number of piperazine rings is 1. The number of methoxy groups -OCH3 is 1. The number of hydrogen-bond acceptors (Lipinski definition) is 9. The number of pyridine rings is 1. The van der Waals surface area contributed by atoms with Gasteiger partial charge in [-0.15, -0.1) is 0 Å². The fourth-order valence-electron chi connectivity index (χ4n) is 4.44. The standard InChI is InChI=1S/C24H35N7O5S/c1-6-19-20-21(28-31(19)15-16(4)35-5)23(32)27-22(26-20)18-13-17(14-25-24(18)36-8-3)37(33,34)30-11-9-29(7-2)10-12-30/h13-14,16H,6-12,15H2,1-5H3,(H,26,27,32). The van der Waals surface area contributed by atoms with Crippen LogP contribution in [0.5, 0.6) is 5.88 Å². The highest BCUT2D eigenvalue weighted by Gasteiger charge is 2.30. The van der Waals surface area contributed by atoms with Gasteiger partial charge in [0.05, 0.1) is 36.7 Å². The quantitative estimate of drug-likeness (QED) is 0.411. The van der Waals surface area contributed by atoms with Crippen LogP contribution in [0.1, 0.15) is 33.4 Å². The topological polar surface area (TPSA) is 136 Å². The number of sulfonamides is 1. The number of aromatic nitrogens is 5.